The normalized spacial score (nSPS) is 16.3. The summed E-state index contributed by atoms with van der Waals surface area (Å²) in [4.78, 5) is 37.7. The molecule has 0 radical (unpaired) electrons. The highest BCUT2D eigenvalue weighted by Crippen LogP contribution is 2.27. The predicted octanol–water partition coefficient (Wildman–Crippen LogP) is 3.12. The largest absolute Gasteiger partial charge is 0.464 e. The molecule has 6 nitrogen and oxygen atoms in total. The molecule has 0 bridgehead atoms. The zero-order valence-electron chi connectivity index (χ0n) is 14.9. The molecule has 0 fully saturated rings. The summed E-state index contributed by atoms with van der Waals surface area (Å²) in [6, 6.07) is 11.8. The first-order chi connectivity index (χ1) is 13.5. The molecule has 1 unspecified atom stereocenters. The zero-order chi connectivity index (χ0) is 19.8. The van der Waals surface area contributed by atoms with E-state index >= 15 is 0 Å². The number of fused-ring (bicyclic) bond motifs is 1. The van der Waals surface area contributed by atoms with Crippen LogP contribution < -0.4 is 5.43 Å². The molecule has 4 rings (SSSR count). The van der Waals surface area contributed by atoms with E-state index in [0.29, 0.717) is 11.0 Å². The van der Waals surface area contributed by atoms with E-state index in [1.54, 1.807) is 24.3 Å². The lowest BCUT2D eigenvalue weighted by molar-refractivity contribution is -0.128. The predicted molar refractivity (Wildman–Crippen MR) is 101 cm³/mol. The number of nitrogens with zero attached hydrogens (tertiary/aromatic N) is 2. The van der Waals surface area contributed by atoms with Gasteiger partial charge in [-0.3, -0.25) is 14.4 Å². The highest BCUT2D eigenvalue weighted by atomic mass is 19.1. The van der Waals surface area contributed by atoms with Gasteiger partial charge in [-0.1, -0.05) is 12.1 Å². The zero-order valence-corrected chi connectivity index (χ0v) is 14.9. The van der Waals surface area contributed by atoms with Gasteiger partial charge < -0.3 is 4.42 Å². The molecular formula is C21H15FN2O4. The van der Waals surface area contributed by atoms with Crippen LogP contribution in [0.1, 0.15) is 28.8 Å². The number of hydrogen-bond donors (Lipinski definition) is 0. The van der Waals surface area contributed by atoms with Crippen LogP contribution in [0.4, 0.5) is 4.39 Å². The Morgan fingerprint density at radius 2 is 1.86 bits per heavy atom. The maximum absolute atomic E-state index is 13.2. The van der Waals surface area contributed by atoms with Gasteiger partial charge in [0.25, 0.3) is 0 Å². The molecule has 0 saturated heterocycles. The van der Waals surface area contributed by atoms with Crippen LogP contribution in [0.15, 0.2) is 69.1 Å². The molecule has 2 aromatic carbocycles. The van der Waals surface area contributed by atoms with Crippen molar-refractivity contribution in [2.24, 2.45) is 5.10 Å². The summed E-state index contributed by atoms with van der Waals surface area (Å²) in [5.74, 6) is -2.03. The Morgan fingerprint density at radius 3 is 2.57 bits per heavy atom. The molecule has 1 amide bonds. The Bertz CT molecular complexity index is 1180. The summed E-state index contributed by atoms with van der Waals surface area (Å²) >= 11 is 0. The standard InChI is InChI=1S/C21H15FN2O4/c1-12(25)24-10-16(17-11-28-18-5-3-2-4-15(18)21(17)27)19(23-24)20(26)13-6-8-14(22)9-7-13/h2-9,11,16H,10H2,1H3. The van der Waals surface area contributed by atoms with E-state index in [4.69, 9.17) is 4.42 Å². The molecule has 1 aromatic heterocycles. The van der Waals surface area contributed by atoms with Gasteiger partial charge >= 0.3 is 0 Å². The van der Waals surface area contributed by atoms with Crippen molar-refractivity contribution in [1.82, 2.24) is 5.01 Å². The molecule has 1 atom stereocenters. The Kier molecular flexibility index (Phi) is 4.35. The van der Waals surface area contributed by atoms with Crippen molar-refractivity contribution >= 4 is 28.4 Å². The van der Waals surface area contributed by atoms with Crippen LogP contribution in [0.3, 0.4) is 0 Å². The van der Waals surface area contributed by atoms with Crippen LogP contribution in [0.2, 0.25) is 0 Å². The van der Waals surface area contributed by atoms with Crippen LogP contribution >= 0.6 is 0 Å². The second kappa shape index (κ2) is 6.84. The van der Waals surface area contributed by atoms with Gasteiger partial charge in [-0.25, -0.2) is 9.40 Å². The van der Waals surface area contributed by atoms with Gasteiger partial charge in [0.05, 0.1) is 24.1 Å². The number of Topliss-reactive ketones (excluding diaryl/α,β-unsaturated/α-hetero) is 1. The second-order valence-corrected chi connectivity index (χ2v) is 6.49. The van der Waals surface area contributed by atoms with E-state index in [1.807, 2.05) is 0 Å². The number of para-hydroxylation sites is 1. The summed E-state index contributed by atoms with van der Waals surface area (Å²) in [7, 11) is 0. The van der Waals surface area contributed by atoms with E-state index in [1.165, 1.54) is 37.5 Å². The highest BCUT2D eigenvalue weighted by Gasteiger charge is 2.36. The monoisotopic (exact) mass is 378 g/mol. The minimum absolute atomic E-state index is 0.0457. The molecule has 0 spiro atoms. The number of rotatable bonds is 3. The first kappa shape index (κ1) is 17.8. The number of hydrogen-bond acceptors (Lipinski definition) is 5. The van der Waals surface area contributed by atoms with Crippen molar-refractivity contribution < 1.29 is 18.4 Å². The minimum Gasteiger partial charge on any atom is -0.464 e. The van der Waals surface area contributed by atoms with E-state index in [2.05, 4.69) is 5.10 Å². The van der Waals surface area contributed by atoms with Crippen molar-refractivity contribution in [2.45, 2.75) is 12.8 Å². The van der Waals surface area contributed by atoms with Gasteiger partial charge in [-0.05, 0) is 36.4 Å². The van der Waals surface area contributed by atoms with Gasteiger partial charge in [-0.2, -0.15) is 5.10 Å². The average molecular weight is 378 g/mol. The third-order valence-electron chi connectivity index (χ3n) is 4.70. The molecule has 28 heavy (non-hydrogen) atoms. The number of carbonyl (C=O) groups excluding carboxylic acids is 2. The molecule has 0 N–H and O–H groups in total. The van der Waals surface area contributed by atoms with Crippen LogP contribution in [0.5, 0.6) is 0 Å². The first-order valence-corrected chi connectivity index (χ1v) is 8.63. The number of amides is 1. The number of carbonyl (C=O) groups is 2. The lowest BCUT2D eigenvalue weighted by Crippen LogP contribution is -2.28. The van der Waals surface area contributed by atoms with E-state index in [-0.39, 0.29) is 34.7 Å². The van der Waals surface area contributed by atoms with Crippen molar-refractivity contribution in [2.75, 3.05) is 6.54 Å². The fraction of sp³-hybridized carbons (Fsp3) is 0.143. The molecule has 7 heteroatoms. The molecule has 1 aliphatic rings. The fourth-order valence-corrected chi connectivity index (χ4v) is 3.23. The number of halogens is 1. The molecule has 0 saturated carbocycles. The van der Waals surface area contributed by atoms with Gasteiger partial charge in [-0.15, -0.1) is 0 Å². The summed E-state index contributed by atoms with van der Waals surface area (Å²) in [5.41, 5.74) is 0.666. The lowest BCUT2D eigenvalue weighted by atomic mass is 9.90. The number of hydrazone groups is 1. The Morgan fingerprint density at radius 1 is 1.14 bits per heavy atom. The summed E-state index contributed by atoms with van der Waals surface area (Å²) < 4.78 is 18.8. The third kappa shape index (κ3) is 3.00. The van der Waals surface area contributed by atoms with Crippen LogP contribution in [0.25, 0.3) is 11.0 Å². The molecule has 2 heterocycles. The third-order valence-corrected chi connectivity index (χ3v) is 4.70. The molecule has 3 aromatic rings. The van der Waals surface area contributed by atoms with E-state index in [0.717, 1.165) is 5.01 Å². The molecule has 140 valence electrons. The van der Waals surface area contributed by atoms with Gasteiger partial charge in [0.15, 0.2) is 5.43 Å². The van der Waals surface area contributed by atoms with E-state index in [9.17, 15) is 18.8 Å². The smallest absolute Gasteiger partial charge is 0.239 e. The molecule has 0 aliphatic carbocycles. The Hall–Kier alpha value is -3.61. The summed E-state index contributed by atoms with van der Waals surface area (Å²) in [5, 5.41) is 5.67. The maximum atomic E-state index is 13.2. The Balaban J connectivity index is 1.81. The van der Waals surface area contributed by atoms with Crippen molar-refractivity contribution in [1.29, 1.82) is 0 Å². The SMILES string of the molecule is CC(=O)N1CC(c2coc3ccccc3c2=O)C(C(=O)c2ccc(F)cc2)=N1. The van der Waals surface area contributed by atoms with Crippen molar-refractivity contribution in [3.63, 3.8) is 0 Å². The van der Waals surface area contributed by atoms with Crippen LogP contribution in [-0.2, 0) is 4.79 Å². The van der Waals surface area contributed by atoms with Gasteiger partial charge in [0.1, 0.15) is 17.1 Å². The average Bonchev–Trinajstić information content (AvgIpc) is 3.14. The van der Waals surface area contributed by atoms with Crippen molar-refractivity contribution in [3.8, 4) is 0 Å². The topological polar surface area (TPSA) is 80.0 Å². The highest BCUT2D eigenvalue weighted by molar-refractivity contribution is 6.48. The quantitative estimate of drug-likeness (QED) is 0.656. The van der Waals surface area contributed by atoms with Gasteiger partial charge in [0, 0.05) is 18.1 Å². The summed E-state index contributed by atoms with van der Waals surface area (Å²) in [6.45, 7) is 1.38. The minimum atomic E-state index is -0.734. The number of benzene rings is 2. The number of ketones is 1. The van der Waals surface area contributed by atoms with Crippen LogP contribution in [0, 0.1) is 5.82 Å². The first-order valence-electron chi connectivity index (χ1n) is 8.63. The van der Waals surface area contributed by atoms with Crippen LogP contribution in [-0.4, -0.2) is 29.0 Å². The fourth-order valence-electron chi connectivity index (χ4n) is 3.23. The summed E-state index contributed by atoms with van der Waals surface area (Å²) in [6.07, 6.45) is 1.31. The maximum Gasteiger partial charge on any atom is 0.239 e. The van der Waals surface area contributed by atoms with Gasteiger partial charge in [0.2, 0.25) is 11.7 Å². The lowest BCUT2D eigenvalue weighted by Gasteiger charge is -2.13. The second-order valence-electron chi connectivity index (χ2n) is 6.49. The van der Waals surface area contributed by atoms with Crippen molar-refractivity contribution in [3.05, 3.63) is 82.0 Å². The Labute approximate surface area is 158 Å². The van der Waals surface area contributed by atoms with E-state index < -0.39 is 17.5 Å². The molecule has 1 aliphatic heterocycles. The molecular weight excluding hydrogens is 363 g/mol.